The van der Waals surface area contributed by atoms with Crippen molar-refractivity contribution in [3.8, 4) is 10.7 Å². The van der Waals surface area contributed by atoms with E-state index in [0.29, 0.717) is 41.9 Å². The zero-order valence-electron chi connectivity index (χ0n) is 12.7. The fraction of sp³-hybridized carbons (Fsp3) is 0.333. The molecule has 126 valence electrons. The van der Waals surface area contributed by atoms with Crippen LogP contribution >= 0.6 is 22.7 Å². The quantitative estimate of drug-likeness (QED) is 0.692. The zero-order valence-corrected chi connectivity index (χ0v) is 15.1. The zero-order chi connectivity index (χ0) is 16.6. The molecule has 0 saturated carbocycles. The lowest BCUT2D eigenvalue weighted by Gasteiger charge is -2.29. The minimum atomic E-state index is -3.37. The van der Waals surface area contributed by atoms with E-state index < -0.39 is 10.0 Å². The van der Waals surface area contributed by atoms with Crippen LogP contribution in [0.4, 0.5) is 0 Å². The smallest absolute Gasteiger partial charge is 0.252 e. The van der Waals surface area contributed by atoms with E-state index in [4.69, 9.17) is 4.52 Å². The van der Waals surface area contributed by atoms with E-state index in [9.17, 15) is 8.42 Å². The molecular weight excluding hydrogens is 366 g/mol. The maximum absolute atomic E-state index is 12.5. The van der Waals surface area contributed by atoms with E-state index >= 15 is 0 Å². The largest absolute Gasteiger partial charge is 0.339 e. The molecule has 0 amide bonds. The molecule has 0 aromatic carbocycles. The first-order chi connectivity index (χ1) is 11.6. The Kier molecular flexibility index (Phi) is 4.25. The van der Waals surface area contributed by atoms with Crippen molar-refractivity contribution in [3.63, 3.8) is 0 Å². The van der Waals surface area contributed by atoms with Crippen LogP contribution < -0.4 is 0 Å². The summed E-state index contributed by atoms with van der Waals surface area (Å²) in [6.07, 6.45) is 1.38. The van der Waals surface area contributed by atoms with E-state index in [1.54, 1.807) is 33.2 Å². The third kappa shape index (κ3) is 2.92. The second-order valence-electron chi connectivity index (χ2n) is 5.54. The molecule has 1 saturated heterocycles. The number of rotatable bonds is 4. The molecule has 6 nitrogen and oxygen atoms in total. The van der Waals surface area contributed by atoms with Crippen molar-refractivity contribution in [2.24, 2.45) is 0 Å². The van der Waals surface area contributed by atoms with Gasteiger partial charge in [0.15, 0.2) is 0 Å². The van der Waals surface area contributed by atoms with Crippen molar-refractivity contribution in [1.29, 1.82) is 0 Å². The molecule has 0 unspecified atom stereocenters. The minimum absolute atomic E-state index is 0.112. The maximum Gasteiger partial charge on any atom is 0.252 e. The standard InChI is InChI=1S/C15H15N3O3S3/c19-24(20,13-4-2-10-23-13)18-7-5-11(6-8-18)15-16-14(17-21-15)12-3-1-9-22-12/h1-4,9-11H,5-8H2. The number of aromatic nitrogens is 2. The molecule has 24 heavy (non-hydrogen) atoms. The molecular formula is C15H15N3O3S3. The molecule has 0 radical (unpaired) electrons. The van der Waals surface area contributed by atoms with E-state index in [1.807, 2.05) is 17.5 Å². The molecule has 0 N–H and O–H groups in total. The third-order valence-electron chi connectivity index (χ3n) is 4.08. The molecule has 1 aliphatic heterocycles. The van der Waals surface area contributed by atoms with Gasteiger partial charge in [0.25, 0.3) is 10.0 Å². The van der Waals surface area contributed by atoms with Crippen LogP contribution in [0, 0.1) is 0 Å². The van der Waals surface area contributed by atoms with Crippen LogP contribution in [0.5, 0.6) is 0 Å². The first-order valence-corrected chi connectivity index (χ1v) is 10.8. The van der Waals surface area contributed by atoms with Crippen LogP contribution in [-0.2, 0) is 10.0 Å². The molecule has 3 aromatic heterocycles. The fourth-order valence-corrected chi connectivity index (χ4v) is 6.05. The number of sulfonamides is 1. The topological polar surface area (TPSA) is 76.3 Å². The Bertz CT molecular complexity index is 893. The van der Waals surface area contributed by atoms with Gasteiger partial charge in [0, 0.05) is 19.0 Å². The van der Waals surface area contributed by atoms with Gasteiger partial charge in [0.2, 0.25) is 11.7 Å². The summed E-state index contributed by atoms with van der Waals surface area (Å²) in [4.78, 5) is 5.45. The van der Waals surface area contributed by atoms with Crippen LogP contribution in [0.15, 0.2) is 43.8 Å². The summed E-state index contributed by atoms with van der Waals surface area (Å²) >= 11 is 2.82. The normalized spacial score (nSPS) is 17.3. The highest BCUT2D eigenvalue weighted by Gasteiger charge is 2.32. The Morgan fingerprint density at radius 2 is 1.88 bits per heavy atom. The van der Waals surface area contributed by atoms with Gasteiger partial charge in [0.1, 0.15) is 4.21 Å². The molecule has 1 aliphatic rings. The molecule has 0 aliphatic carbocycles. The molecule has 9 heteroatoms. The van der Waals surface area contributed by atoms with Gasteiger partial charge in [-0.3, -0.25) is 0 Å². The van der Waals surface area contributed by atoms with Crippen LogP contribution in [0.25, 0.3) is 10.7 Å². The molecule has 3 aromatic rings. The number of hydrogen-bond donors (Lipinski definition) is 0. The lowest BCUT2D eigenvalue weighted by molar-refractivity contribution is 0.271. The van der Waals surface area contributed by atoms with Crippen molar-refractivity contribution < 1.29 is 12.9 Å². The SMILES string of the molecule is O=S(=O)(c1cccs1)N1CCC(c2nc(-c3cccs3)no2)CC1. The Labute approximate surface area is 147 Å². The van der Waals surface area contributed by atoms with Crippen LogP contribution in [0.3, 0.4) is 0 Å². The van der Waals surface area contributed by atoms with Gasteiger partial charge in [-0.1, -0.05) is 17.3 Å². The summed E-state index contributed by atoms with van der Waals surface area (Å²) in [5.74, 6) is 1.32. The van der Waals surface area contributed by atoms with Gasteiger partial charge in [-0.15, -0.1) is 22.7 Å². The average Bonchev–Trinajstić information content (AvgIpc) is 3.36. The second kappa shape index (κ2) is 6.40. The molecule has 1 fully saturated rings. The molecule has 0 atom stereocenters. The Hall–Kier alpha value is -1.55. The van der Waals surface area contributed by atoms with Gasteiger partial charge >= 0.3 is 0 Å². The van der Waals surface area contributed by atoms with Gasteiger partial charge in [-0.25, -0.2) is 8.42 Å². The molecule has 0 bridgehead atoms. The summed E-state index contributed by atoms with van der Waals surface area (Å²) in [6.45, 7) is 0.948. The highest BCUT2D eigenvalue weighted by atomic mass is 32.2. The van der Waals surface area contributed by atoms with Gasteiger partial charge in [0.05, 0.1) is 4.88 Å². The predicted molar refractivity (Wildman–Crippen MR) is 92.7 cm³/mol. The number of piperidine rings is 1. The first kappa shape index (κ1) is 15.9. The highest BCUT2D eigenvalue weighted by molar-refractivity contribution is 7.91. The van der Waals surface area contributed by atoms with Crippen LogP contribution in [-0.4, -0.2) is 36.0 Å². The monoisotopic (exact) mass is 381 g/mol. The van der Waals surface area contributed by atoms with Crippen molar-refractivity contribution in [3.05, 3.63) is 40.9 Å². The lowest BCUT2D eigenvalue weighted by atomic mass is 9.98. The summed E-state index contributed by atoms with van der Waals surface area (Å²) in [5, 5.41) is 7.79. The number of nitrogens with zero attached hydrogens (tertiary/aromatic N) is 3. The van der Waals surface area contributed by atoms with Crippen LogP contribution in [0.2, 0.25) is 0 Å². The Morgan fingerprint density at radius 1 is 1.12 bits per heavy atom. The first-order valence-electron chi connectivity index (χ1n) is 7.56. The second-order valence-corrected chi connectivity index (χ2v) is 9.60. The number of hydrogen-bond acceptors (Lipinski definition) is 7. The highest BCUT2D eigenvalue weighted by Crippen LogP contribution is 2.32. The minimum Gasteiger partial charge on any atom is -0.339 e. The molecule has 4 heterocycles. The molecule has 4 rings (SSSR count). The van der Waals surface area contributed by atoms with Crippen molar-refractivity contribution in [2.75, 3.05) is 13.1 Å². The van der Waals surface area contributed by atoms with E-state index in [1.165, 1.54) is 11.3 Å². The average molecular weight is 382 g/mol. The molecule has 0 spiro atoms. The maximum atomic E-state index is 12.5. The Balaban J connectivity index is 1.45. The van der Waals surface area contributed by atoms with E-state index in [2.05, 4.69) is 10.1 Å². The summed E-state index contributed by atoms with van der Waals surface area (Å²) < 4.78 is 32.4. The predicted octanol–water partition coefficient (Wildman–Crippen LogP) is 3.43. The fourth-order valence-electron chi connectivity index (χ4n) is 2.79. The van der Waals surface area contributed by atoms with Crippen molar-refractivity contribution in [1.82, 2.24) is 14.4 Å². The van der Waals surface area contributed by atoms with E-state index in [-0.39, 0.29) is 5.92 Å². The van der Waals surface area contributed by atoms with E-state index in [0.717, 1.165) is 4.88 Å². The van der Waals surface area contributed by atoms with Gasteiger partial charge < -0.3 is 4.52 Å². The van der Waals surface area contributed by atoms with Gasteiger partial charge in [-0.05, 0) is 35.7 Å². The summed E-state index contributed by atoms with van der Waals surface area (Å²) in [7, 11) is -3.37. The Morgan fingerprint density at radius 3 is 2.54 bits per heavy atom. The third-order valence-corrected chi connectivity index (χ3v) is 8.21. The van der Waals surface area contributed by atoms with Crippen molar-refractivity contribution >= 4 is 32.7 Å². The summed E-state index contributed by atoms with van der Waals surface area (Å²) in [6, 6.07) is 7.31. The summed E-state index contributed by atoms with van der Waals surface area (Å²) in [5.41, 5.74) is 0. The lowest BCUT2D eigenvalue weighted by Crippen LogP contribution is -2.37. The van der Waals surface area contributed by atoms with Crippen molar-refractivity contribution in [2.45, 2.75) is 23.0 Å². The van der Waals surface area contributed by atoms with Crippen LogP contribution in [0.1, 0.15) is 24.7 Å². The number of thiophene rings is 2. The van der Waals surface area contributed by atoms with Gasteiger partial charge in [-0.2, -0.15) is 9.29 Å².